The van der Waals surface area contributed by atoms with Crippen molar-refractivity contribution in [3.05, 3.63) is 34.3 Å². The standard InChI is InChI=1S/C12H14BrN/c13-10-3-1-8(2-4-10)12-6-11-5-9(12)7-14-11/h1-4,9,11-12,14H,5-7H2/t9-,11+,12+/m1/s1. The van der Waals surface area contributed by atoms with Gasteiger partial charge in [-0.05, 0) is 48.9 Å². The van der Waals surface area contributed by atoms with Crippen LogP contribution in [0, 0.1) is 5.92 Å². The molecule has 1 saturated heterocycles. The quantitative estimate of drug-likeness (QED) is 0.810. The molecule has 3 atom stereocenters. The summed E-state index contributed by atoms with van der Waals surface area (Å²) in [5.74, 6) is 1.70. The summed E-state index contributed by atoms with van der Waals surface area (Å²) in [5.41, 5.74) is 1.53. The van der Waals surface area contributed by atoms with Crippen molar-refractivity contribution in [2.45, 2.75) is 24.8 Å². The van der Waals surface area contributed by atoms with Crippen LogP contribution in [0.15, 0.2) is 28.7 Å². The second kappa shape index (κ2) is 3.35. The number of nitrogens with one attached hydrogen (secondary N) is 1. The molecule has 2 heteroatoms. The Balaban J connectivity index is 1.86. The molecule has 3 rings (SSSR count). The highest BCUT2D eigenvalue weighted by atomic mass is 79.9. The van der Waals surface area contributed by atoms with E-state index in [9.17, 15) is 0 Å². The largest absolute Gasteiger partial charge is 0.314 e. The van der Waals surface area contributed by atoms with Crippen molar-refractivity contribution in [1.29, 1.82) is 0 Å². The summed E-state index contributed by atoms with van der Waals surface area (Å²) in [6, 6.07) is 9.67. The Kier molecular flexibility index (Phi) is 2.14. The highest BCUT2D eigenvalue weighted by Crippen LogP contribution is 2.43. The molecule has 74 valence electrons. The molecule has 0 spiro atoms. The zero-order chi connectivity index (χ0) is 9.54. The van der Waals surface area contributed by atoms with E-state index in [4.69, 9.17) is 0 Å². The van der Waals surface area contributed by atoms with Crippen molar-refractivity contribution in [2.75, 3.05) is 6.54 Å². The molecule has 1 saturated carbocycles. The van der Waals surface area contributed by atoms with E-state index >= 15 is 0 Å². The summed E-state index contributed by atoms with van der Waals surface area (Å²) in [6.07, 6.45) is 2.73. The summed E-state index contributed by atoms with van der Waals surface area (Å²) in [6.45, 7) is 1.23. The molecular formula is C12H14BrN. The van der Waals surface area contributed by atoms with Crippen LogP contribution in [0.4, 0.5) is 0 Å². The molecule has 14 heavy (non-hydrogen) atoms. The number of fused-ring (bicyclic) bond motifs is 2. The first-order chi connectivity index (χ1) is 6.83. The van der Waals surface area contributed by atoms with Gasteiger partial charge < -0.3 is 5.32 Å². The topological polar surface area (TPSA) is 12.0 Å². The third-order valence-corrected chi connectivity index (χ3v) is 4.19. The lowest BCUT2D eigenvalue weighted by atomic mass is 9.88. The Morgan fingerprint density at radius 3 is 2.50 bits per heavy atom. The molecule has 1 N–H and O–H groups in total. The van der Waals surface area contributed by atoms with Gasteiger partial charge in [0.25, 0.3) is 0 Å². The number of halogens is 1. The van der Waals surface area contributed by atoms with Crippen LogP contribution in [0.25, 0.3) is 0 Å². The minimum absolute atomic E-state index is 0.800. The van der Waals surface area contributed by atoms with Crippen LogP contribution >= 0.6 is 15.9 Å². The summed E-state index contributed by atoms with van der Waals surface area (Å²) in [4.78, 5) is 0. The molecule has 0 radical (unpaired) electrons. The lowest BCUT2D eigenvalue weighted by Crippen LogP contribution is -2.28. The third kappa shape index (κ3) is 1.41. The molecule has 2 bridgehead atoms. The molecule has 0 amide bonds. The predicted molar refractivity (Wildman–Crippen MR) is 61.4 cm³/mol. The summed E-state index contributed by atoms with van der Waals surface area (Å²) < 4.78 is 1.18. The van der Waals surface area contributed by atoms with Crippen LogP contribution in [0.3, 0.4) is 0 Å². The predicted octanol–water partition coefficient (Wildman–Crippen LogP) is 2.91. The van der Waals surface area contributed by atoms with Crippen LogP contribution in [-0.4, -0.2) is 12.6 Å². The van der Waals surface area contributed by atoms with Gasteiger partial charge in [-0.2, -0.15) is 0 Å². The molecule has 1 nitrogen and oxygen atoms in total. The van der Waals surface area contributed by atoms with Crippen molar-refractivity contribution in [3.63, 3.8) is 0 Å². The molecule has 1 aromatic carbocycles. The van der Waals surface area contributed by atoms with E-state index in [2.05, 4.69) is 45.5 Å². The minimum atomic E-state index is 0.800. The van der Waals surface area contributed by atoms with E-state index in [0.29, 0.717) is 0 Å². The number of hydrogen-bond donors (Lipinski definition) is 1. The Bertz CT molecular complexity index is 333. The van der Waals surface area contributed by atoms with Crippen LogP contribution in [0.2, 0.25) is 0 Å². The van der Waals surface area contributed by atoms with E-state index < -0.39 is 0 Å². The van der Waals surface area contributed by atoms with Gasteiger partial charge in [-0.1, -0.05) is 28.1 Å². The van der Waals surface area contributed by atoms with Crippen LogP contribution in [0.5, 0.6) is 0 Å². The van der Waals surface area contributed by atoms with Crippen molar-refractivity contribution in [1.82, 2.24) is 5.32 Å². The first-order valence-electron chi connectivity index (χ1n) is 5.32. The Morgan fingerprint density at radius 2 is 1.93 bits per heavy atom. The SMILES string of the molecule is Brc1ccc([C@@H]2C[C@@H]3C[C@@H]2CN3)cc1. The fraction of sp³-hybridized carbons (Fsp3) is 0.500. The van der Waals surface area contributed by atoms with E-state index in [1.807, 2.05) is 0 Å². The second-order valence-corrected chi connectivity index (χ2v) is 5.41. The minimum Gasteiger partial charge on any atom is -0.314 e. The molecule has 1 aliphatic heterocycles. The Labute approximate surface area is 93.0 Å². The highest BCUT2D eigenvalue weighted by Gasteiger charge is 2.39. The molecular weight excluding hydrogens is 238 g/mol. The maximum Gasteiger partial charge on any atom is 0.0175 e. The second-order valence-electron chi connectivity index (χ2n) is 4.49. The maximum absolute atomic E-state index is 3.56. The first kappa shape index (κ1) is 8.93. The van der Waals surface area contributed by atoms with Gasteiger partial charge in [0.15, 0.2) is 0 Å². The molecule has 2 fully saturated rings. The average Bonchev–Trinajstić information content (AvgIpc) is 2.80. The normalized spacial score (nSPS) is 35.1. The van der Waals surface area contributed by atoms with E-state index in [1.165, 1.54) is 29.4 Å². The van der Waals surface area contributed by atoms with Gasteiger partial charge in [0.2, 0.25) is 0 Å². The van der Waals surface area contributed by atoms with Crippen molar-refractivity contribution >= 4 is 15.9 Å². The van der Waals surface area contributed by atoms with Gasteiger partial charge in [-0.3, -0.25) is 0 Å². The number of hydrogen-bond acceptors (Lipinski definition) is 1. The van der Waals surface area contributed by atoms with Crippen LogP contribution in [-0.2, 0) is 0 Å². The monoisotopic (exact) mass is 251 g/mol. The summed E-state index contributed by atoms with van der Waals surface area (Å²) in [5, 5.41) is 3.56. The zero-order valence-electron chi connectivity index (χ0n) is 8.04. The fourth-order valence-corrected chi connectivity index (χ4v) is 3.22. The highest BCUT2D eigenvalue weighted by molar-refractivity contribution is 9.10. The smallest absolute Gasteiger partial charge is 0.0175 e. The lowest BCUT2D eigenvalue weighted by Gasteiger charge is -2.22. The fourth-order valence-electron chi connectivity index (χ4n) is 2.95. The van der Waals surface area contributed by atoms with Gasteiger partial charge in [0.1, 0.15) is 0 Å². The molecule has 1 heterocycles. The van der Waals surface area contributed by atoms with Gasteiger partial charge in [0, 0.05) is 10.5 Å². The third-order valence-electron chi connectivity index (χ3n) is 3.66. The van der Waals surface area contributed by atoms with Crippen LogP contribution < -0.4 is 5.32 Å². The molecule has 2 aliphatic rings. The van der Waals surface area contributed by atoms with E-state index in [0.717, 1.165) is 17.9 Å². The summed E-state index contributed by atoms with van der Waals surface area (Å²) in [7, 11) is 0. The van der Waals surface area contributed by atoms with E-state index in [1.54, 1.807) is 0 Å². The Morgan fingerprint density at radius 1 is 1.14 bits per heavy atom. The molecule has 0 unspecified atom stereocenters. The van der Waals surface area contributed by atoms with E-state index in [-0.39, 0.29) is 0 Å². The first-order valence-corrected chi connectivity index (χ1v) is 6.11. The van der Waals surface area contributed by atoms with Crippen molar-refractivity contribution in [2.24, 2.45) is 5.92 Å². The maximum atomic E-state index is 3.56. The van der Waals surface area contributed by atoms with Gasteiger partial charge in [0.05, 0.1) is 0 Å². The number of benzene rings is 1. The van der Waals surface area contributed by atoms with Gasteiger partial charge >= 0.3 is 0 Å². The van der Waals surface area contributed by atoms with Crippen molar-refractivity contribution < 1.29 is 0 Å². The van der Waals surface area contributed by atoms with Gasteiger partial charge in [-0.25, -0.2) is 0 Å². The molecule has 1 aromatic rings. The summed E-state index contributed by atoms with van der Waals surface area (Å²) >= 11 is 3.48. The lowest BCUT2D eigenvalue weighted by molar-refractivity contribution is 0.441. The van der Waals surface area contributed by atoms with Crippen molar-refractivity contribution in [3.8, 4) is 0 Å². The number of rotatable bonds is 1. The number of piperidine rings is 1. The Hall–Kier alpha value is -0.340. The van der Waals surface area contributed by atoms with Crippen LogP contribution in [0.1, 0.15) is 24.3 Å². The molecule has 0 aromatic heterocycles. The average molecular weight is 252 g/mol. The zero-order valence-corrected chi connectivity index (χ0v) is 9.63. The van der Waals surface area contributed by atoms with Gasteiger partial charge in [-0.15, -0.1) is 0 Å². The molecule has 1 aliphatic carbocycles.